The summed E-state index contributed by atoms with van der Waals surface area (Å²) in [6.07, 6.45) is 5.10. The second kappa shape index (κ2) is 7.16. The Bertz CT molecular complexity index is 171. The number of carboxylic acid groups (broad SMARTS) is 1. The summed E-state index contributed by atoms with van der Waals surface area (Å²) in [5.74, 6) is 0.301. The first-order valence-electron chi connectivity index (χ1n) is 5.44. The third-order valence-electron chi connectivity index (χ3n) is 2.38. The molecule has 1 unspecified atom stereocenters. The van der Waals surface area contributed by atoms with Crippen molar-refractivity contribution in [2.24, 2.45) is 0 Å². The molecule has 3 heteroatoms. The van der Waals surface area contributed by atoms with Gasteiger partial charge in [0.1, 0.15) is 4.75 Å². The van der Waals surface area contributed by atoms with Crippen molar-refractivity contribution in [3.05, 3.63) is 0 Å². The topological polar surface area (TPSA) is 37.3 Å². The number of carboxylic acids is 1. The number of unbranched alkanes of at least 4 members (excludes halogenated alkanes) is 2. The molecule has 0 amide bonds. The maximum atomic E-state index is 11.1. The highest BCUT2D eigenvalue weighted by Crippen LogP contribution is 2.31. The summed E-state index contributed by atoms with van der Waals surface area (Å²) in [6, 6.07) is 0. The molecule has 0 aromatic carbocycles. The van der Waals surface area contributed by atoms with Gasteiger partial charge in [0.25, 0.3) is 0 Å². The van der Waals surface area contributed by atoms with E-state index in [-0.39, 0.29) is 0 Å². The van der Waals surface area contributed by atoms with Crippen molar-refractivity contribution in [1.29, 1.82) is 0 Å². The molecule has 0 rings (SSSR count). The van der Waals surface area contributed by atoms with Crippen molar-refractivity contribution in [1.82, 2.24) is 0 Å². The van der Waals surface area contributed by atoms with E-state index >= 15 is 0 Å². The summed E-state index contributed by atoms with van der Waals surface area (Å²) in [4.78, 5) is 11.1. The molecule has 0 saturated carbocycles. The molecule has 0 saturated heterocycles. The van der Waals surface area contributed by atoms with Crippen molar-refractivity contribution in [2.45, 2.75) is 57.6 Å². The summed E-state index contributed by atoms with van der Waals surface area (Å²) in [5.41, 5.74) is 0. The van der Waals surface area contributed by atoms with E-state index < -0.39 is 10.7 Å². The molecule has 0 spiro atoms. The predicted molar refractivity (Wildman–Crippen MR) is 62.9 cm³/mol. The van der Waals surface area contributed by atoms with Crippen LogP contribution in [0.3, 0.4) is 0 Å². The number of rotatable bonds is 8. The summed E-state index contributed by atoms with van der Waals surface area (Å²) in [6.45, 7) is 6.08. The average molecular weight is 218 g/mol. The Kier molecular flexibility index (Phi) is 7.06. The number of hydrogen-bond donors (Lipinski definition) is 1. The maximum absolute atomic E-state index is 11.1. The minimum absolute atomic E-state index is 0.564. The van der Waals surface area contributed by atoms with Crippen LogP contribution in [0.1, 0.15) is 52.9 Å². The van der Waals surface area contributed by atoms with Crippen molar-refractivity contribution in [3.8, 4) is 0 Å². The molecule has 0 heterocycles. The predicted octanol–water partition coefficient (Wildman–Crippen LogP) is 3.55. The van der Waals surface area contributed by atoms with Crippen LogP contribution in [0.25, 0.3) is 0 Å². The lowest BCUT2D eigenvalue weighted by atomic mass is 10.0. The highest BCUT2D eigenvalue weighted by atomic mass is 32.2. The first-order chi connectivity index (χ1) is 6.56. The number of carbonyl (C=O) groups is 1. The first-order valence-corrected chi connectivity index (χ1v) is 6.42. The molecule has 84 valence electrons. The smallest absolute Gasteiger partial charge is 0.319 e. The number of thioether (sulfide) groups is 1. The van der Waals surface area contributed by atoms with E-state index in [0.717, 1.165) is 37.9 Å². The van der Waals surface area contributed by atoms with Gasteiger partial charge < -0.3 is 5.11 Å². The van der Waals surface area contributed by atoms with Crippen LogP contribution in [0.2, 0.25) is 0 Å². The van der Waals surface area contributed by atoms with Crippen LogP contribution < -0.4 is 0 Å². The molecule has 14 heavy (non-hydrogen) atoms. The third kappa shape index (κ3) is 4.89. The van der Waals surface area contributed by atoms with Gasteiger partial charge in [0, 0.05) is 0 Å². The Morgan fingerprint density at radius 1 is 1.29 bits per heavy atom. The van der Waals surface area contributed by atoms with Crippen molar-refractivity contribution >= 4 is 17.7 Å². The fourth-order valence-electron chi connectivity index (χ4n) is 1.20. The van der Waals surface area contributed by atoms with E-state index in [0.29, 0.717) is 0 Å². The van der Waals surface area contributed by atoms with Gasteiger partial charge in [-0.25, -0.2) is 0 Å². The summed E-state index contributed by atoms with van der Waals surface area (Å²) in [7, 11) is 0. The molecule has 0 aliphatic heterocycles. The van der Waals surface area contributed by atoms with Gasteiger partial charge in [-0.15, -0.1) is 11.8 Å². The zero-order valence-corrected chi connectivity index (χ0v) is 10.3. The Morgan fingerprint density at radius 3 is 2.29 bits per heavy atom. The second-order valence-electron chi connectivity index (χ2n) is 3.84. The van der Waals surface area contributed by atoms with Crippen LogP contribution in [-0.2, 0) is 4.79 Å². The van der Waals surface area contributed by atoms with E-state index in [9.17, 15) is 4.79 Å². The van der Waals surface area contributed by atoms with Crippen LogP contribution in [0.5, 0.6) is 0 Å². The largest absolute Gasteiger partial charge is 0.480 e. The molecule has 0 aliphatic rings. The molecule has 0 fully saturated rings. The summed E-state index contributed by atoms with van der Waals surface area (Å²) in [5, 5.41) is 9.14. The molecule has 0 aliphatic carbocycles. The van der Waals surface area contributed by atoms with Gasteiger partial charge in [-0.05, 0) is 25.5 Å². The molecule has 1 N–H and O–H groups in total. The van der Waals surface area contributed by atoms with Gasteiger partial charge in [-0.1, -0.05) is 33.1 Å². The van der Waals surface area contributed by atoms with Gasteiger partial charge >= 0.3 is 5.97 Å². The fourth-order valence-corrected chi connectivity index (χ4v) is 2.49. The van der Waals surface area contributed by atoms with E-state index in [1.807, 2.05) is 6.92 Å². The van der Waals surface area contributed by atoms with Gasteiger partial charge in [0.05, 0.1) is 0 Å². The summed E-state index contributed by atoms with van der Waals surface area (Å²) < 4.78 is -0.564. The van der Waals surface area contributed by atoms with Gasteiger partial charge in [0.2, 0.25) is 0 Å². The van der Waals surface area contributed by atoms with Gasteiger partial charge in [-0.3, -0.25) is 4.79 Å². The Hall–Kier alpha value is -0.180. The fraction of sp³-hybridized carbons (Fsp3) is 0.909. The minimum atomic E-state index is -0.660. The van der Waals surface area contributed by atoms with Crippen molar-refractivity contribution < 1.29 is 9.90 Å². The van der Waals surface area contributed by atoms with Crippen LogP contribution in [0.4, 0.5) is 0 Å². The lowest BCUT2D eigenvalue weighted by molar-refractivity contribution is -0.139. The van der Waals surface area contributed by atoms with Crippen molar-refractivity contribution in [2.75, 3.05) is 5.75 Å². The monoisotopic (exact) mass is 218 g/mol. The molecule has 0 aromatic rings. The molecule has 1 atom stereocenters. The standard InChI is InChI=1S/C11H22O2S/c1-4-6-8-11(3,10(12)13)14-9-7-5-2/h4-9H2,1-3H3,(H,12,13). The highest BCUT2D eigenvalue weighted by molar-refractivity contribution is 8.01. The third-order valence-corrected chi connectivity index (χ3v) is 3.89. The van der Waals surface area contributed by atoms with E-state index in [2.05, 4.69) is 13.8 Å². The van der Waals surface area contributed by atoms with Gasteiger partial charge in [-0.2, -0.15) is 0 Å². The number of hydrogen-bond acceptors (Lipinski definition) is 2. The molecular weight excluding hydrogens is 196 g/mol. The van der Waals surface area contributed by atoms with E-state index in [1.165, 1.54) is 0 Å². The second-order valence-corrected chi connectivity index (χ2v) is 5.44. The first kappa shape index (κ1) is 13.8. The highest BCUT2D eigenvalue weighted by Gasteiger charge is 2.32. The molecular formula is C11H22O2S. The summed E-state index contributed by atoms with van der Waals surface area (Å²) >= 11 is 1.60. The van der Waals surface area contributed by atoms with Crippen molar-refractivity contribution in [3.63, 3.8) is 0 Å². The SMILES string of the molecule is CCCCSC(C)(CCCC)C(=O)O. The number of aliphatic carboxylic acids is 1. The van der Waals surface area contributed by atoms with Gasteiger partial charge in [0.15, 0.2) is 0 Å². The Labute approximate surface area is 91.5 Å². The lowest BCUT2D eigenvalue weighted by Crippen LogP contribution is -2.31. The molecule has 0 aromatic heterocycles. The molecule has 0 radical (unpaired) electrons. The van der Waals surface area contributed by atoms with Crippen LogP contribution >= 0.6 is 11.8 Å². The average Bonchev–Trinajstić information content (AvgIpc) is 2.15. The minimum Gasteiger partial charge on any atom is -0.480 e. The Balaban J connectivity index is 4.03. The van der Waals surface area contributed by atoms with E-state index in [1.54, 1.807) is 11.8 Å². The lowest BCUT2D eigenvalue weighted by Gasteiger charge is -2.23. The van der Waals surface area contributed by atoms with Crippen LogP contribution in [0.15, 0.2) is 0 Å². The Morgan fingerprint density at radius 2 is 1.86 bits per heavy atom. The quantitative estimate of drug-likeness (QED) is 0.633. The van der Waals surface area contributed by atoms with Crippen LogP contribution in [0, 0.1) is 0 Å². The normalized spacial score (nSPS) is 15.1. The molecule has 2 nitrogen and oxygen atoms in total. The molecule has 0 bridgehead atoms. The zero-order valence-electron chi connectivity index (χ0n) is 9.51. The zero-order chi connectivity index (χ0) is 11.0. The van der Waals surface area contributed by atoms with E-state index in [4.69, 9.17) is 5.11 Å². The maximum Gasteiger partial charge on any atom is 0.319 e. The van der Waals surface area contributed by atoms with Crippen LogP contribution in [-0.4, -0.2) is 21.6 Å².